The second-order valence-electron chi connectivity index (χ2n) is 4.43. The topological polar surface area (TPSA) is 49.4 Å². The number of benzene rings is 1. The van der Waals surface area contributed by atoms with Gasteiger partial charge in [-0.2, -0.15) is 0 Å². The molecule has 1 fully saturated rings. The monoisotopic (exact) mass is 332 g/mol. The van der Waals surface area contributed by atoms with Gasteiger partial charge in [0.05, 0.1) is 15.8 Å². The number of nitrogens with zero attached hydrogens (tertiary/aromatic N) is 1. The maximum atomic E-state index is 12.0. The molecule has 1 heterocycles. The lowest BCUT2D eigenvalue weighted by molar-refractivity contribution is -0.137. The molecule has 20 heavy (non-hydrogen) atoms. The quantitative estimate of drug-likeness (QED) is 0.925. The summed E-state index contributed by atoms with van der Waals surface area (Å²) in [5.41, 5.74) is 0.867. The molecule has 2 atom stereocenters. The van der Waals surface area contributed by atoms with E-state index in [2.05, 4.69) is 5.32 Å². The first kappa shape index (κ1) is 15.5. The molecule has 0 aromatic heterocycles. The minimum atomic E-state index is -0.526. The molecular formula is C13H14Cl2N2O2S. The number of hydrogen-bond donors (Lipinski definition) is 1. The summed E-state index contributed by atoms with van der Waals surface area (Å²) in [5.74, 6) is 0.111. The summed E-state index contributed by atoms with van der Waals surface area (Å²) in [6.07, 6.45) is 0. The smallest absolute Gasteiger partial charge is 0.242 e. The van der Waals surface area contributed by atoms with Gasteiger partial charge in [-0.15, -0.1) is 11.8 Å². The van der Waals surface area contributed by atoms with E-state index in [1.165, 1.54) is 11.8 Å². The predicted molar refractivity (Wildman–Crippen MR) is 82.0 cm³/mol. The van der Waals surface area contributed by atoms with Gasteiger partial charge < -0.3 is 10.2 Å². The Labute approximate surface area is 131 Å². The molecule has 1 N–H and O–H groups in total. The van der Waals surface area contributed by atoms with Crippen molar-refractivity contribution in [2.75, 3.05) is 12.8 Å². The van der Waals surface area contributed by atoms with Crippen LogP contribution in [0, 0.1) is 0 Å². The summed E-state index contributed by atoms with van der Waals surface area (Å²) in [4.78, 5) is 25.4. The summed E-state index contributed by atoms with van der Waals surface area (Å²) in [6, 6.07) is 4.74. The Bertz CT molecular complexity index is 553. The first-order valence-corrected chi connectivity index (χ1v) is 7.85. The van der Waals surface area contributed by atoms with Gasteiger partial charge in [0.15, 0.2) is 0 Å². The van der Waals surface area contributed by atoms with Crippen molar-refractivity contribution in [3.63, 3.8) is 0 Å². The number of halogens is 2. The Balaban J connectivity index is 2.32. The lowest BCUT2D eigenvalue weighted by Crippen LogP contribution is -2.45. The minimum absolute atomic E-state index is 0.0535. The molecule has 1 aromatic rings. The third kappa shape index (κ3) is 2.90. The second kappa shape index (κ2) is 6.24. The maximum Gasteiger partial charge on any atom is 0.242 e. The number of likely N-dealkylation sites (N-methyl/N-ethyl adjacent to an activating group) is 1. The number of carbonyl (C=O) groups excluding carboxylic acids is 2. The number of thioether (sulfide) groups is 1. The van der Waals surface area contributed by atoms with Crippen LogP contribution < -0.4 is 5.32 Å². The van der Waals surface area contributed by atoms with Crippen LogP contribution in [-0.4, -0.2) is 35.6 Å². The molecule has 1 aliphatic rings. The zero-order valence-corrected chi connectivity index (χ0v) is 13.4. The number of amides is 2. The maximum absolute atomic E-state index is 12.0. The van der Waals surface area contributed by atoms with Crippen LogP contribution in [0.25, 0.3) is 0 Å². The molecule has 0 radical (unpaired) electrons. The van der Waals surface area contributed by atoms with Crippen molar-refractivity contribution in [3.8, 4) is 0 Å². The molecule has 4 nitrogen and oxygen atoms in total. The Morgan fingerprint density at radius 2 is 2.15 bits per heavy atom. The van der Waals surface area contributed by atoms with E-state index in [9.17, 15) is 9.59 Å². The van der Waals surface area contributed by atoms with Crippen LogP contribution in [0.3, 0.4) is 0 Å². The molecule has 7 heteroatoms. The van der Waals surface area contributed by atoms with Crippen LogP contribution in [-0.2, 0) is 9.59 Å². The van der Waals surface area contributed by atoms with Crippen LogP contribution in [0.15, 0.2) is 18.2 Å². The van der Waals surface area contributed by atoms with Crippen molar-refractivity contribution in [2.45, 2.75) is 18.3 Å². The second-order valence-corrected chi connectivity index (χ2v) is 6.31. The van der Waals surface area contributed by atoms with E-state index in [4.69, 9.17) is 23.2 Å². The molecule has 1 aromatic carbocycles. The standard InChI is InChI=1S/C13H14Cl2N2O2S/c1-7(12(19)16-2)17-11(18)6-20-13(17)8-3-4-9(14)10(15)5-8/h3-5,7,13H,6H2,1-2H3,(H,16,19)/t7-,13-/m0/s1. The zero-order chi connectivity index (χ0) is 14.9. The van der Waals surface area contributed by atoms with Gasteiger partial charge in [-0.1, -0.05) is 29.3 Å². The Hall–Kier alpha value is -0.910. The lowest BCUT2D eigenvalue weighted by Gasteiger charge is -2.29. The Morgan fingerprint density at radius 1 is 1.45 bits per heavy atom. The lowest BCUT2D eigenvalue weighted by atomic mass is 10.1. The van der Waals surface area contributed by atoms with E-state index in [1.54, 1.807) is 31.0 Å². The van der Waals surface area contributed by atoms with Gasteiger partial charge >= 0.3 is 0 Å². The van der Waals surface area contributed by atoms with Crippen molar-refractivity contribution in [1.29, 1.82) is 0 Å². The first-order valence-electron chi connectivity index (χ1n) is 6.05. The highest BCUT2D eigenvalue weighted by Gasteiger charge is 2.38. The minimum Gasteiger partial charge on any atom is -0.357 e. The van der Waals surface area contributed by atoms with Crippen LogP contribution in [0.4, 0.5) is 0 Å². The Kier molecular flexibility index (Phi) is 4.83. The molecule has 2 amide bonds. The van der Waals surface area contributed by atoms with Crippen LogP contribution in [0.2, 0.25) is 10.0 Å². The van der Waals surface area contributed by atoms with E-state index in [0.717, 1.165) is 5.56 Å². The zero-order valence-electron chi connectivity index (χ0n) is 11.0. The van der Waals surface area contributed by atoms with Crippen molar-refractivity contribution in [1.82, 2.24) is 10.2 Å². The van der Waals surface area contributed by atoms with Gasteiger partial charge in [-0.25, -0.2) is 0 Å². The molecule has 2 rings (SSSR count). The molecule has 0 aliphatic carbocycles. The summed E-state index contributed by atoms with van der Waals surface area (Å²) < 4.78 is 0. The summed E-state index contributed by atoms with van der Waals surface area (Å²) in [6.45, 7) is 1.72. The number of hydrogen-bond acceptors (Lipinski definition) is 3. The highest BCUT2D eigenvalue weighted by molar-refractivity contribution is 8.00. The third-order valence-electron chi connectivity index (χ3n) is 3.18. The Morgan fingerprint density at radius 3 is 2.75 bits per heavy atom. The fourth-order valence-corrected chi connectivity index (χ4v) is 3.67. The fourth-order valence-electron chi connectivity index (χ4n) is 2.11. The van der Waals surface area contributed by atoms with Crippen LogP contribution >= 0.6 is 35.0 Å². The van der Waals surface area contributed by atoms with Crippen molar-refractivity contribution in [3.05, 3.63) is 33.8 Å². The van der Waals surface area contributed by atoms with Crippen LogP contribution in [0.5, 0.6) is 0 Å². The molecular weight excluding hydrogens is 319 g/mol. The van der Waals surface area contributed by atoms with Crippen molar-refractivity contribution in [2.24, 2.45) is 0 Å². The van der Waals surface area contributed by atoms with Gasteiger partial charge in [0.25, 0.3) is 0 Å². The van der Waals surface area contributed by atoms with Crippen molar-refractivity contribution < 1.29 is 9.59 Å². The van der Waals surface area contributed by atoms with E-state index in [0.29, 0.717) is 15.8 Å². The average molecular weight is 333 g/mol. The predicted octanol–water partition coefficient (Wildman–Crippen LogP) is 2.70. The average Bonchev–Trinajstić information content (AvgIpc) is 2.82. The van der Waals surface area contributed by atoms with Gasteiger partial charge in [0.1, 0.15) is 11.4 Å². The summed E-state index contributed by atoms with van der Waals surface area (Å²) in [7, 11) is 1.56. The van der Waals surface area contributed by atoms with Crippen LogP contribution in [0.1, 0.15) is 17.9 Å². The summed E-state index contributed by atoms with van der Waals surface area (Å²) >= 11 is 13.4. The third-order valence-corrected chi connectivity index (χ3v) is 5.14. The van der Waals surface area contributed by atoms with Gasteiger partial charge in [-0.3, -0.25) is 9.59 Å². The molecule has 1 saturated heterocycles. The van der Waals surface area contributed by atoms with E-state index >= 15 is 0 Å². The summed E-state index contributed by atoms with van der Waals surface area (Å²) in [5, 5.41) is 3.26. The molecule has 0 bridgehead atoms. The number of nitrogens with one attached hydrogen (secondary N) is 1. The highest BCUT2D eigenvalue weighted by Crippen LogP contribution is 2.41. The highest BCUT2D eigenvalue weighted by atomic mass is 35.5. The largest absolute Gasteiger partial charge is 0.357 e. The van der Waals surface area contributed by atoms with E-state index in [-0.39, 0.29) is 17.2 Å². The van der Waals surface area contributed by atoms with Gasteiger partial charge in [-0.05, 0) is 24.6 Å². The molecule has 0 unspecified atom stereocenters. The fraction of sp³-hybridized carbons (Fsp3) is 0.385. The normalized spacial score (nSPS) is 20.1. The SMILES string of the molecule is CNC(=O)[C@H](C)N1C(=O)CS[C@H]1c1ccc(Cl)c(Cl)c1. The molecule has 108 valence electrons. The number of carbonyl (C=O) groups is 2. The molecule has 0 spiro atoms. The van der Waals surface area contributed by atoms with Gasteiger partial charge in [0, 0.05) is 7.05 Å². The van der Waals surface area contributed by atoms with Crippen molar-refractivity contribution >= 4 is 46.8 Å². The molecule has 1 aliphatic heterocycles. The van der Waals surface area contributed by atoms with E-state index < -0.39 is 6.04 Å². The first-order chi connectivity index (χ1) is 9.45. The molecule has 0 saturated carbocycles. The van der Waals surface area contributed by atoms with Gasteiger partial charge in [0.2, 0.25) is 11.8 Å². The number of rotatable bonds is 3. The van der Waals surface area contributed by atoms with E-state index in [1.807, 2.05) is 6.07 Å².